The van der Waals surface area contributed by atoms with Crippen LogP contribution in [0.15, 0.2) is 12.1 Å². The topological polar surface area (TPSA) is 76.1 Å². The van der Waals surface area contributed by atoms with Crippen LogP contribution in [0.1, 0.15) is 36.1 Å². The van der Waals surface area contributed by atoms with Gasteiger partial charge in [-0.1, -0.05) is 19.1 Å². The zero-order valence-corrected chi connectivity index (χ0v) is 10.8. The van der Waals surface area contributed by atoms with Gasteiger partial charge in [0, 0.05) is 6.54 Å². The van der Waals surface area contributed by atoms with Gasteiger partial charge in [-0.2, -0.15) is 5.26 Å². The molecule has 0 amide bonds. The summed E-state index contributed by atoms with van der Waals surface area (Å²) in [4.78, 5) is 11.6. The van der Waals surface area contributed by atoms with Gasteiger partial charge in [-0.15, -0.1) is 0 Å². The first-order valence-corrected chi connectivity index (χ1v) is 6.07. The largest absolute Gasteiger partial charge is 0.466 e. The van der Waals surface area contributed by atoms with Crippen molar-refractivity contribution in [3.05, 3.63) is 34.4 Å². The van der Waals surface area contributed by atoms with E-state index >= 15 is 0 Å². The number of ether oxygens (including phenoxy) is 1. The highest BCUT2D eigenvalue weighted by molar-refractivity contribution is 5.74. The molecule has 96 valence electrons. The zero-order valence-electron chi connectivity index (χ0n) is 10.8. The summed E-state index contributed by atoms with van der Waals surface area (Å²) in [5.74, 6) is -0.322. The normalized spacial score (nSPS) is 9.89. The molecule has 0 aromatic heterocycles. The lowest BCUT2D eigenvalue weighted by Gasteiger charge is -2.12. The van der Waals surface area contributed by atoms with E-state index < -0.39 is 0 Å². The van der Waals surface area contributed by atoms with Crippen LogP contribution in [-0.2, 0) is 28.9 Å². The minimum Gasteiger partial charge on any atom is -0.466 e. The molecule has 0 aliphatic carbocycles. The molecule has 0 unspecified atom stereocenters. The van der Waals surface area contributed by atoms with Crippen molar-refractivity contribution in [3.8, 4) is 6.07 Å². The molecule has 2 N–H and O–H groups in total. The van der Waals surface area contributed by atoms with Crippen molar-refractivity contribution < 1.29 is 9.53 Å². The van der Waals surface area contributed by atoms with Crippen LogP contribution in [0.4, 0.5) is 0 Å². The van der Waals surface area contributed by atoms with Crippen molar-refractivity contribution in [1.82, 2.24) is 0 Å². The molecule has 0 radical (unpaired) electrons. The molecular formula is C14H18N2O2. The van der Waals surface area contributed by atoms with Crippen LogP contribution in [0.25, 0.3) is 0 Å². The monoisotopic (exact) mass is 246 g/mol. The maximum atomic E-state index is 11.6. The van der Waals surface area contributed by atoms with E-state index in [-0.39, 0.29) is 12.4 Å². The summed E-state index contributed by atoms with van der Waals surface area (Å²) in [6.45, 7) is 4.39. The van der Waals surface area contributed by atoms with Gasteiger partial charge in [-0.25, -0.2) is 0 Å². The summed E-state index contributed by atoms with van der Waals surface area (Å²) in [5.41, 5.74) is 8.69. The van der Waals surface area contributed by atoms with Gasteiger partial charge < -0.3 is 10.5 Å². The van der Waals surface area contributed by atoms with Gasteiger partial charge in [0.25, 0.3) is 0 Å². The highest BCUT2D eigenvalue weighted by Gasteiger charge is 2.15. The summed E-state index contributed by atoms with van der Waals surface area (Å²) < 4.78 is 4.93. The van der Waals surface area contributed by atoms with Gasteiger partial charge in [0.05, 0.1) is 24.7 Å². The van der Waals surface area contributed by atoms with Gasteiger partial charge in [0.1, 0.15) is 0 Å². The molecule has 0 aliphatic rings. The summed E-state index contributed by atoms with van der Waals surface area (Å²) in [5, 5.41) is 9.25. The number of carbonyl (C=O) groups excluding carboxylic acids is 1. The van der Waals surface area contributed by atoms with Gasteiger partial charge in [0.15, 0.2) is 0 Å². The number of hydrogen-bond acceptors (Lipinski definition) is 4. The van der Waals surface area contributed by atoms with Crippen LogP contribution in [-0.4, -0.2) is 12.6 Å². The van der Waals surface area contributed by atoms with Gasteiger partial charge in [-0.05, 0) is 30.0 Å². The number of carbonyl (C=O) groups is 1. The zero-order chi connectivity index (χ0) is 13.5. The first-order valence-electron chi connectivity index (χ1n) is 6.07. The minimum atomic E-state index is -0.322. The second-order valence-corrected chi connectivity index (χ2v) is 3.89. The molecule has 1 rings (SSSR count). The Morgan fingerprint density at radius 2 is 2.06 bits per heavy atom. The molecule has 4 heteroatoms. The Hall–Kier alpha value is -1.86. The number of nitrogens with two attached hydrogens (primary N) is 1. The number of rotatable bonds is 5. The molecule has 0 fully saturated rings. The Morgan fingerprint density at radius 3 is 2.56 bits per heavy atom. The third kappa shape index (κ3) is 3.08. The second kappa shape index (κ2) is 6.77. The Balaban J connectivity index is 3.20. The first-order chi connectivity index (χ1) is 8.67. The van der Waals surface area contributed by atoms with Crippen molar-refractivity contribution in [2.45, 2.75) is 33.2 Å². The lowest BCUT2D eigenvalue weighted by molar-refractivity contribution is -0.142. The predicted octanol–water partition coefficient (Wildman–Crippen LogP) is 1.68. The highest BCUT2D eigenvalue weighted by Crippen LogP contribution is 2.20. The molecule has 0 saturated carbocycles. The van der Waals surface area contributed by atoms with Crippen LogP contribution in [0.5, 0.6) is 0 Å². The third-order valence-corrected chi connectivity index (χ3v) is 2.84. The highest BCUT2D eigenvalue weighted by atomic mass is 16.5. The third-order valence-electron chi connectivity index (χ3n) is 2.84. The SMILES string of the molecule is CCOC(=O)Cc1c(CN)ccc(CC)c1C#N. The minimum absolute atomic E-state index is 0.108. The lowest BCUT2D eigenvalue weighted by atomic mass is 9.93. The predicted molar refractivity (Wildman–Crippen MR) is 68.8 cm³/mol. The Labute approximate surface area is 107 Å². The number of aryl methyl sites for hydroxylation is 1. The Bertz CT molecular complexity index is 475. The van der Waals surface area contributed by atoms with E-state index in [2.05, 4.69) is 6.07 Å². The van der Waals surface area contributed by atoms with Gasteiger partial charge in [-0.3, -0.25) is 4.79 Å². The maximum Gasteiger partial charge on any atom is 0.310 e. The molecule has 0 spiro atoms. The van der Waals surface area contributed by atoms with Crippen LogP contribution < -0.4 is 5.73 Å². The fourth-order valence-corrected chi connectivity index (χ4v) is 1.92. The summed E-state index contributed by atoms with van der Waals surface area (Å²) in [6, 6.07) is 5.96. The van der Waals surface area contributed by atoms with Crippen LogP contribution in [0, 0.1) is 11.3 Å². The molecule has 0 aliphatic heterocycles. The van der Waals surface area contributed by atoms with Crippen molar-refractivity contribution in [3.63, 3.8) is 0 Å². The molecule has 0 saturated heterocycles. The Kier molecular flexibility index (Phi) is 5.34. The van der Waals surface area contributed by atoms with E-state index in [0.29, 0.717) is 24.3 Å². The molecule has 0 atom stereocenters. The van der Waals surface area contributed by atoms with Crippen molar-refractivity contribution in [2.24, 2.45) is 5.73 Å². The number of esters is 1. The summed E-state index contributed by atoms with van der Waals surface area (Å²) in [6.07, 6.45) is 0.862. The molecule has 18 heavy (non-hydrogen) atoms. The second-order valence-electron chi connectivity index (χ2n) is 3.89. The number of nitrogens with zero attached hydrogens (tertiary/aromatic N) is 1. The van der Waals surface area contributed by atoms with Crippen molar-refractivity contribution >= 4 is 5.97 Å². The summed E-state index contributed by atoms with van der Waals surface area (Å²) >= 11 is 0. The van der Waals surface area contributed by atoms with E-state index in [1.165, 1.54) is 0 Å². The van der Waals surface area contributed by atoms with Crippen LogP contribution in [0.2, 0.25) is 0 Å². The molecule has 4 nitrogen and oxygen atoms in total. The average Bonchev–Trinajstić information content (AvgIpc) is 2.38. The van der Waals surface area contributed by atoms with E-state index in [0.717, 1.165) is 17.5 Å². The van der Waals surface area contributed by atoms with Gasteiger partial charge in [0.2, 0.25) is 0 Å². The number of hydrogen-bond donors (Lipinski definition) is 1. The Morgan fingerprint density at radius 1 is 1.39 bits per heavy atom. The molecular weight excluding hydrogens is 228 g/mol. The molecule has 0 heterocycles. The summed E-state index contributed by atoms with van der Waals surface area (Å²) in [7, 11) is 0. The van der Waals surface area contributed by atoms with E-state index in [4.69, 9.17) is 10.5 Å². The number of nitriles is 1. The molecule has 1 aromatic carbocycles. The fraction of sp³-hybridized carbons (Fsp3) is 0.429. The van der Waals surface area contributed by atoms with Crippen LogP contribution in [0.3, 0.4) is 0 Å². The average molecular weight is 246 g/mol. The van der Waals surface area contributed by atoms with E-state index in [9.17, 15) is 10.1 Å². The lowest BCUT2D eigenvalue weighted by Crippen LogP contribution is -2.13. The van der Waals surface area contributed by atoms with Crippen molar-refractivity contribution in [1.29, 1.82) is 5.26 Å². The smallest absolute Gasteiger partial charge is 0.310 e. The van der Waals surface area contributed by atoms with E-state index in [1.54, 1.807) is 6.92 Å². The maximum absolute atomic E-state index is 11.6. The first kappa shape index (κ1) is 14.2. The molecule has 1 aromatic rings. The quantitative estimate of drug-likeness (QED) is 0.802. The van der Waals surface area contributed by atoms with Crippen LogP contribution >= 0.6 is 0 Å². The fourth-order valence-electron chi connectivity index (χ4n) is 1.92. The molecule has 0 bridgehead atoms. The van der Waals surface area contributed by atoms with Crippen molar-refractivity contribution in [2.75, 3.05) is 6.61 Å². The standard InChI is InChI=1S/C14H18N2O2/c1-3-10-5-6-11(8-15)12(13(10)9-16)7-14(17)18-4-2/h5-6H,3-4,7-8,15H2,1-2H3. The number of benzene rings is 1. The van der Waals surface area contributed by atoms with E-state index in [1.807, 2.05) is 19.1 Å². The van der Waals surface area contributed by atoms with Gasteiger partial charge >= 0.3 is 5.97 Å².